The molecule has 0 aliphatic carbocycles. The molecular weight excluding hydrogens is 331 g/mol. The van der Waals surface area contributed by atoms with E-state index in [4.69, 9.17) is 5.11 Å². The normalized spacial score (nSPS) is 11.8. The summed E-state index contributed by atoms with van der Waals surface area (Å²) in [4.78, 5) is 24.8. The third-order valence-electron chi connectivity index (χ3n) is 2.60. The highest BCUT2D eigenvalue weighted by molar-refractivity contribution is 9.10. The molecule has 0 saturated carbocycles. The Kier molecular flexibility index (Phi) is 6.09. The molecule has 1 aromatic rings. The molecule has 7 heteroatoms. The summed E-state index contributed by atoms with van der Waals surface area (Å²) in [5.74, 6) is -1.98. The number of anilines is 1. The van der Waals surface area contributed by atoms with Crippen molar-refractivity contribution in [3.63, 3.8) is 0 Å². The minimum absolute atomic E-state index is 0.272. The van der Waals surface area contributed by atoms with Crippen molar-refractivity contribution in [2.75, 3.05) is 18.9 Å². The monoisotopic (exact) mass is 346 g/mol. The maximum Gasteiger partial charge on any atom is 0.313 e. The summed E-state index contributed by atoms with van der Waals surface area (Å²) in [6, 6.07) is 3.74. The van der Waals surface area contributed by atoms with Crippen molar-refractivity contribution in [2.24, 2.45) is 0 Å². The molecule has 1 unspecified atom stereocenters. The highest BCUT2D eigenvalue weighted by Crippen LogP contribution is 2.22. The number of carbonyl (C=O) groups excluding carboxylic acids is 2. The van der Waals surface area contributed by atoms with E-state index in [0.29, 0.717) is 16.6 Å². The Morgan fingerprint density at radius 2 is 2.15 bits per heavy atom. The second-order valence-electron chi connectivity index (χ2n) is 4.44. The number of halogens is 2. The SMILES string of the molecule is CC(O)CCN(C)C(=O)C(=O)Nc1ccc(F)cc1Br. The number of hydrogen-bond donors (Lipinski definition) is 2. The van der Waals surface area contributed by atoms with Crippen molar-refractivity contribution in [3.8, 4) is 0 Å². The van der Waals surface area contributed by atoms with Crippen molar-refractivity contribution >= 4 is 33.4 Å². The van der Waals surface area contributed by atoms with Gasteiger partial charge >= 0.3 is 11.8 Å². The van der Waals surface area contributed by atoms with Crippen molar-refractivity contribution in [1.82, 2.24) is 4.90 Å². The molecule has 0 saturated heterocycles. The van der Waals surface area contributed by atoms with E-state index in [0.717, 1.165) is 0 Å². The zero-order chi connectivity index (χ0) is 15.3. The van der Waals surface area contributed by atoms with Crippen molar-refractivity contribution in [3.05, 3.63) is 28.5 Å². The van der Waals surface area contributed by atoms with Gasteiger partial charge in [-0.05, 0) is 47.5 Å². The minimum Gasteiger partial charge on any atom is -0.393 e. The summed E-state index contributed by atoms with van der Waals surface area (Å²) in [7, 11) is 1.48. The Labute approximate surface area is 124 Å². The van der Waals surface area contributed by atoms with Gasteiger partial charge in [0, 0.05) is 18.1 Å². The fourth-order valence-electron chi connectivity index (χ4n) is 1.42. The minimum atomic E-state index is -0.814. The van der Waals surface area contributed by atoms with Crippen LogP contribution in [0.25, 0.3) is 0 Å². The van der Waals surface area contributed by atoms with Crippen LogP contribution in [-0.2, 0) is 9.59 Å². The molecule has 110 valence electrons. The highest BCUT2D eigenvalue weighted by atomic mass is 79.9. The molecule has 2 amide bonds. The average molecular weight is 347 g/mol. The summed E-state index contributed by atoms with van der Waals surface area (Å²) >= 11 is 3.10. The van der Waals surface area contributed by atoms with E-state index in [1.807, 2.05) is 0 Å². The fourth-order valence-corrected chi connectivity index (χ4v) is 1.87. The number of benzene rings is 1. The maximum atomic E-state index is 12.9. The number of hydrogen-bond acceptors (Lipinski definition) is 3. The number of nitrogens with zero attached hydrogens (tertiary/aromatic N) is 1. The molecule has 0 fully saturated rings. The molecule has 1 aromatic carbocycles. The van der Waals surface area contributed by atoms with Crippen LogP contribution in [0.4, 0.5) is 10.1 Å². The van der Waals surface area contributed by atoms with Gasteiger partial charge in [-0.15, -0.1) is 0 Å². The van der Waals surface area contributed by atoms with Crippen LogP contribution in [0, 0.1) is 5.82 Å². The van der Waals surface area contributed by atoms with Crippen LogP contribution < -0.4 is 5.32 Å². The van der Waals surface area contributed by atoms with Crippen LogP contribution in [0.5, 0.6) is 0 Å². The van der Waals surface area contributed by atoms with E-state index in [1.165, 1.54) is 30.1 Å². The second-order valence-corrected chi connectivity index (χ2v) is 5.30. The van der Waals surface area contributed by atoms with E-state index >= 15 is 0 Å². The summed E-state index contributed by atoms with van der Waals surface area (Å²) < 4.78 is 13.3. The molecule has 0 spiro atoms. The zero-order valence-corrected chi connectivity index (χ0v) is 12.8. The lowest BCUT2D eigenvalue weighted by Gasteiger charge is -2.17. The standard InChI is InChI=1S/C13H16BrFN2O3/c1-8(18)5-6-17(2)13(20)12(19)16-11-4-3-9(15)7-10(11)14/h3-4,7-8,18H,5-6H2,1-2H3,(H,16,19). The Bertz CT molecular complexity index is 508. The molecule has 0 aromatic heterocycles. The molecule has 0 heterocycles. The van der Waals surface area contributed by atoms with E-state index in [-0.39, 0.29) is 6.54 Å². The fraction of sp³-hybridized carbons (Fsp3) is 0.385. The number of aliphatic hydroxyl groups is 1. The van der Waals surface area contributed by atoms with Gasteiger partial charge in [0.2, 0.25) is 0 Å². The van der Waals surface area contributed by atoms with Crippen LogP contribution in [0.1, 0.15) is 13.3 Å². The van der Waals surface area contributed by atoms with Crippen LogP contribution in [0.2, 0.25) is 0 Å². The van der Waals surface area contributed by atoms with Gasteiger partial charge in [-0.25, -0.2) is 4.39 Å². The van der Waals surface area contributed by atoms with Gasteiger partial charge in [-0.3, -0.25) is 9.59 Å². The lowest BCUT2D eigenvalue weighted by Crippen LogP contribution is -2.38. The van der Waals surface area contributed by atoms with E-state index in [2.05, 4.69) is 21.2 Å². The van der Waals surface area contributed by atoms with Crippen LogP contribution in [0.15, 0.2) is 22.7 Å². The van der Waals surface area contributed by atoms with E-state index in [9.17, 15) is 14.0 Å². The van der Waals surface area contributed by atoms with Crippen LogP contribution in [-0.4, -0.2) is 41.5 Å². The van der Waals surface area contributed by atoms with Gasteiger partial charge in [-0.1, -0.05) is 0 Å². The molecule has 0 radical (unpaired) electrons. The van der Waals surface area contributed by atoms with Crippen molar-refractivity contribution in [2.45, 2.75) is 19.4 Å². The summed E-state index contributed by atoms with van der Waals surface area (Å²) in [5, 5.41) is 11.5. The van der Waals surface area contributed by atoms with Crippen molar-refractivity contribution < 1.29 is 19.1 Å². The number of carbonyl (C=O) groups is 2. The molecule has 2 N–H and O–H groups in total. The van der Waals surface area contributed by atoms with Crippen LogP contribution >= 0.6 is 15.9 Å². The Morgan fingerprint density at radius 3 is 2.70 bits per heavy atom. The van der Waals surface area contributed by atoms with Gasteiger partial charge in [0.05, 0.1) is 11.8 Å². The molecule has 20 heavy (non-hydrogen) atoms. The summed E-state index contributed by atoms with van der Waals surface area (Å²) in [6.07, 6.45) is -0.157. The average Bonchev–Trinajstić information content (AvgIpc) is 2.38. The second kappa shape index (κ2) is 7.35. The molecule has 0 aliphatic heterocycles. The third-order valence-corrected chi connectivity index (χ3v) is 3.26. The first-order chi connectivity index (χ1) is 9.31. The molecular formula is C13H16BrFN2O3. The van der Waals surface area contributed by atoms with Gasteiger partial charge in [0.15, 0.2) is 0 Å². The topological polar surface area (TPSA) is 69.6 Å². The first-order valence-corrected chi connectivity index (χ1v) is 6.80. The molecule has 5 nitrogen and oxygen atoms in total. The first kappa shape index (κ1) is 16.6. The van der Waals surface area contributed by atoms with Crippen molar-refractivity contribution in [1.29, 1.82) is 0 Å². The van der Waals surface area contributed by atoms with Gasteiger partial charge in [-0.2, -0.15) is 0 Å². The number of rotatable bonds is 4. The first-order valence-electron chi connectivity index (χ1n) is 6.01. The molecule has 1 atom stereocenters. The largest absolute Gasteiger partial charge is 0.393 e. The van der Waals surface area contributed by atoms with Gasteiger partial charge in [0.1, 0.15) is 5.82 Å². The molecule has 1 rings (SSSR count). The number of aliphatic hydroxyl groups excluding tert-OH is 1. The third kappa shape index (κ3) is 4.90. The molecule has 0 aliphatic rings. The summed E-state index contributed by atoms with van der Waals surface area (Å²) in [5.41, 5.74) is 0.314. The Hall–Kier alpha value is -1.47. The maximum absolute atomic E-state index is 12.9. The predicted molar refractivity (Wildman–Crippen MR) is 76.7 cm³/mol. The lowest BCUT2D eigenvalue weighted by molar-refractivity contribution is -0.142. The van der Waals surface area contributed by atoms with Gasteiger partial charge < -0.3 is 15.3 Å². The quantitative estimate of drug-likeness (QED) is 0.816. The Balaban J connectivity index is 2.63. The number of likely N-dealkylation sites (N-methyl/N-ethyl adjacent to an activating group) is 1. The summed E-state index contributed by atoms with van der Waals surface area (Å²) in [6.45, 7) is 1.88. The zero-order valence-electron chi connectivity index (χ0n) is 11.2. The van der Waals surface area contributed by atoms with E-state index < -0.39 is 23.7 Å². The predicted octanol–water partition coefficient (Wildman–Crippen LogP) is 1.76. The number of amides is 2. The smallest absolute Gasteiger partial charge is 0.313 e. The van der Waals surface area contributed by atoms with Gasteiger partial charge in [0.25, 0.3) is 0 Å². The molecule has 0 bridgehead atoms. The lowest BCUT2D eigenvalue weighted by atomic mass is 10.2. The van der Waals surface area contributed by atoms with Crippen LogP contribution in [0.3, 0.4) is 0 Å². The number of nitrogens with one attached hydrogen (secondary N) is 1. The Morgan fingerprint density at radius 1 is 1.50 bits per heavy atom. The highest BCUT2D eigenvalue weighted by Gasteiger charge is 2.19. The van der Waals surface area contributed by atoms with E-state index in [1.54, 1.807) is 6.92 Å².